The number of anilines is 1. The lowest BCUT2D eigenvalue weighted by atomic mass is 10.0. The van der Waals surface area contributed by atoms with E-state index in [1.165, 1.54) is 7.11 Å². The molecular weight excluding hydrogens is 312 g/mol. The molecule has 1 aliphatic rings. The van der Waals surface area contributed by atoms with Crippen LogP contribution in [0.4, 0.5) is 5.69 Å². The maximum atomic E-state index is 12.7. The first-order valence-corrected chi connectivity index (χ1v) is 7.96. The highest BCUT2D eigenvalue weighted by Gasteiger charge is 2.36. The van der Waals surface area contributed by atoms with Gasteiger partial charge < -0.3 is 24.8 Å². The third-order valence-electron chi connectivity index (χ3n) is 3.72. The van der Waals surface area contributed by atoms with Crippen LogP contribution in [0.25, 0.3) is 0 Å². The molecule has 1 saturated heterocycles. The lowest BCUT2D eigenvalue weighted by Gasteiger charge is -2.27. The van der Waals surface area contributed by atoms with Crippen molar-refractivity contribution in [1.82, 2.24) is 5.32 Å². The zero-order valence-corrected chi connectivity index (χ0v) is 14.2. The van der Waals surface area contributed by atoms with Crippen molar-refractivity contribution in [1.29, 1.82) is 0 Å². The van der Waals surface area contributed by atoms with Crippen LogP contribution in [0.5, 0.6) is 0 Å². The monoisotopic (exact) mass is 336 g/mol. The minimum atomic E-state index is -0.777. The van der Waals surface area contributed by atoms with Crippen LogP contribution in [0.15, 0.2) is 30.3 Å². The minimum Gasteiger partial charge on any atom is -0.467 e. The standard InChI is InChI=1S/C17H24N2O5/c1-11(2)13(16(21)22-3)19-15(20)14(17-23-9-10-24-17)18-12-7-5-4-6-8-12/h4-8,11,13-14,17-18H,9-10H2,1-3H3,(H,19,20)/t13-,14-/m0/s1. The van der Waals surface area contributed by atoms with Gasteiger partial charge >= 0.3 is 5.97 Å². The molecule has 132 valence electrons. The Bertz CT molecular complexity index is 543. The number of esters is 1. The van der Waals surface area contributed by atoms with E-state index < -0.39 is 24.3 Å². The quantitative estimate of drug-likeness (QED) is 0.727. The number of para-hydroxylation sites is 1. The van der Waals surface area contributed by atoms with Crippen molar-refractivity contribution >= 4 is 17.6 Å². The zero-order valence-electron chi connectivity index (χ0n) is 14.2. The molecule has 7 heteroatoms. The van der Waals surface area contributed by atoms with E-state index >= 15 is 0 Å². The number of nitrogens with one attached hydrogen (secondary N) is 2. The Balaban J connectivity index is 2.13. The van der Waals surface area contributed by atoms with Gasteiger partial charge in [0.2, 0.25) is 5.91 Å². The molecule has 24 heavy (non-hydrogen) atoms. The Kier molecular flexibility index (Phi) is 6.57. The van der Waals surface area contributed by atoms with Crippen LogP contribution in [0.2, 0.25) is 0 Å². The fraction of sp³-hybridized carbons (Fsp3) is 0.529. The predicted octanol–water partition coefficient (Wildman–Crippen LogP) is 1.15. The van der Waals surface area contributed by atoms with Gasteiger partial charge in [-0.15, -0.1) is 0 Å². The number of hydrogen-bond donors (Lipinski definition) is 2. The van der Waals surface area contributed by atoms with E-state index in [-0.39, 0.29) is 11.8 Å². The number of hydrogen-bond acceptors (Lipinski definition) is 6. The third kappa shape index (κ3) is 4.69. The summed E-state index contributed by atoms with van der Waals surface area (Å²) in [7, 11) is 1.30. The highest BCUT2D eigenvalue weighted by atomic mass is 16.7. The number of ether oxygens (including phenoxy) is 3. The van der Waals surface area contributed by atoms with Crippen molar-refractivity contribution in [3.63, 3.8) is 0 Å². The molecule has 0 spiro atoms. The molecule has 2 rings (SSSR count). The minimum absolute atomic E-state index is 0.107. The summed E-state index contributed by atoms with van der Waals surface area (Å²) < 4.78 is 15.7. The molecule has 1 amide bonds. The van der Waals surface area contributed by atoms with Gasteiger partial charge in [-0.1, -0.05) is 32.0 Å². The lowest BCUT2D eigenvalue weighted by molar-refractivity contribution is -0.148. The van der Waals surface area contributed by atoms with Crippen molar-refractivity contribution in [2.75, 3.05) is 25.6 Å². The van der Waals surface area contributed by atoms with Gasteiger partial charge in [0.15, 0.2) is 12.3 Å². The fourth-order valence-corrected chi connectivity index (χ4v) is 2.41. The van der Waals surface area contributed by atoms with Gasteiger partial charge in [-0.2, -0.15) is 0 Å². The Morgan fingerprint density at radius 2 is 1.79 bits per heavy atom. The van der Waals surface area contributed by atoms with Crippen molar-refractivity contribution < 1.29 is 23.8 Å². The zero-order chi connectivity index (χ0) is 17.5. The van der Waals surface area contributed by atoms with E-state index in [0.29, 0.717) is 13.2 Å². The fourth-order valence-electron chi connectivity index (χ4n) is 2.41. The number of carbonyl (C=O) groups excluding carboxylic acids is 2. The molecule has 7 nitrogen and oxygen atoms in total. The summed E-state index contributed by atoms with van der Waals surface area (Å²) in [5, 5.41) is 5.84. The molecule has 0 radical (unpaired) electrons. The van der Waals surface area contributed by atoms with E-state index in [1.54, 1.807) is 0 Å². The van der Waals surface area contributed by atoms with Gasteiger partial charge in [-0.25, -0.2) is 4.79 Å². The van der Waals surface area contributed by atoms with Gasteiger partial charge in [0.1, 0.15) is 6.04 Å². The summed E-state index contributed by atoms with van der Waals surface area (Å²) >= 11 is 0. The average molecular weight is 336 g/mol. The van der Waals surface area contributed by atoms with E-state index in [2.05, 4.69) is 10.6 Å². The van der Waals surface area contributed by atoms with Gasteiger partial charge in [0.05, 0.1) is 20.3 Å². The molecule has 2 atom stereocenters. The normalized spacial score (nSPS) is 17.3. The maximum absolute atomic E-state index is 12.7. The summed E-state index contributed by atoms with van der Waals surface area (Å²) in [6.07, 6.45) is -0.712. The van der Waals surface area contributed by atoms with Crippen LogP contribution in [0, 0.1) is 5.92 Å². The molecule has 2 N–H and O–H groups in total. The predicted molar refractivity (Wildman–Crippen MR) is 88.3 cm³/mol. The molecule has 0 aliphatic carbocycles. The first-order valence-electron chi connectivity index (χ1n) is 7.96. The highest BCUT2D eigenvalue weighted by Crippen LogP contribution is 2.16. The SMILES string of the molecule is COC(=O)[C@@H](NC(=O)[C@H](Nc1ccccc1)C1OCCO1)C(C)C. The Hall–Kier alpha value is -2.12. The van der Waals surface area contributed by atoms with Crippen LogP contribution in [-0.4, -0.2) is 50.6 Å². The van der Waals surface area contributed by atoms with Gasteiger partial charge in [0, 0.05) is 5.69 Å². The molecular formula is C17H24N2O5. The maximum Gasteiger partial charge on any atom is 0.328 e. The topological polar surface area (TPSA) is 85.9 Å². The molecule has 1 heterocycles. The smallest absolute Gasteiger partial charge is 0.328 e. The largest absolute Gasteiger partial charge is 0.467 e. The number of rotatable bonds is 7. The van der Waals surface area contributed by atoms with Gasteiger partial charge in [-0.3, -0.25) is 4.79 Å². The van der Waals surface area contributed by atoms with Crippen LogP contribution in [-0.2, 0) is 23.8 Å². The average Bonchev–Trinajstić information content (AvgIpc) is 3.11. The second kappa shape index (κ2) is 8.65. The molecule has 1 fully saturated rings. The summed E-state index contributed by atoms with van der Waals surface area (Å²) in [5.74, 6) is -0.968. The number of methoxy groups -OCH3 is 1. The lowest BCUT2D eigenvalue weighted by Crippen LogP contribution is -2.54. The summed E-state index contributed by atoms with van der Waals surface area (Å²) in [5.41, 5.74) is 0.760. The van der Waals surface area contributed by atoms with Crippen LogP contribution in [0.3, 0.4) is 0 Å². The van der Waals surface area contributed by atoms with E-state index in [0.717, 1.165) is 5.69 Å². The van der Waals surface area contributed by atoms with E-state index in [4.69, 9.17) is 14.2 Å². The summed E-state index contributed by atoms with van der Waals surface area (Å²) in [6, 6.07) is 7.78. The molecule has 0 bridgehead atoms. The van der Waals surface area contributed by atoms with Crippen LogP contribution < -0.4 is 10.6 Å². The highest BCUT2D eigenvalue weighted by molar-refractivity contribution is 5.89. The molecule has 1 aromatic rings. The van der Waals surface area contributed by atoms with Crippen molar-refractivity contribution in [2.24, 2.45) is 5.92 Å². The third-order valence-corrected chi connectivity index (χ3v) is 3.72. The second-order valence-electron chi connectivity index (χ2n) is 5.85. The first-order chi connectivity index (χ1) is 11.5. The Labute approximate surface area is 141 Å². The van der Waals surface area contributed by atoms with Crippen LogP contribution in [0.1, 0.15) is 13.8 Å². The number of benzene rings is 1. The van der Waals surface area contributed by atoms with E-state index in [9.17, 15) is 9.59 Å². The summed E-state index contributed by atoms with van der Waals surface area (Å²) in [4.78, 5) is 24.6. The molecule has 0 unspecified atom stereocenters. The number of amides is 1. The molecule has 0 saturated carbocycles. The first kappa shape index (κ1) is 18.2. The van der Waals surface area contributed by atoms with E-state index in [1.807, 2.05) is 44.2 Å². The number of carbonyl (C=O) groups is 2. The molecule has 1 aromatic carbocycles. The van der Waals surface area contributed by atoms with Crippen molar-refractivity contribution in [3.05, 3.63) is 30.3 Å². The van der Waals surface area contributed by atoms with Gasteiger partial charge in [0.25, 0.3) is 0 Å². The molecule has 0 aromatic heterocycles. The molecule has 1 aliphatic heterocycles. The van der Waals surface area contributed by atoms with Crippen LogP contribution >= 0.6 is 0 Å². The van der Waals surface area contributed by atoms with Crippen molar-refractivity contribution in [2.45, 2.75) is 32.2 Å². The Morgan fingerprint density at radius 1 is 1.17 bits per heavy atom. The second-order valence-corrected chi connectivity index (χ2v) is 5.85. The van der Waals surface area contributed by atoms with Gasteiger partial charge in [-0.05, 0) is 18.1 Å². The Morgan fingerprint density at radius 3 is 2.33 bits per heavy atom. The summed E-state index contributed by atoms with van der Waals surface area (Å²) in [6.45, 7) is 4.53. The van der Waals surface area contributed by atoms with Crippen molar-refractivity contribution in [3.8, 4) is 0 Å².